The Morgan fingerprint density at radius 3 is 2.27 bits per heavy atom. The second-order valence-electron chi connectivity index (χ2n) is 5.15. The summed E-state index contributed by atoms with van der Waals surface area (Å²) < 4.78 is 0. The molecule has 2 atom stereocenters. The standard InChI is InChI=1S/C14H28N2O3S2.Zn/c15-9-4-3-6-12(14(18)19)16-13(17)7-2-1-5-11(21)8-10-20;/h11-12,20-21H,1-10,15H2,(H,16,17)(H,18,19);. The first-order chi connectivity index (χ1) is 10.0. The van der Waals surface area contributed by atoms with Gasteiger partial charge in [0.25, 0.3) is 0 Å². The van der Waals surface area contributed by atoms with Gasteiger partial charge < -0.3 is 16.2 Å². The minimum atomic E-state index is -0.982. The van der Waals surface area contributed by atoms with Gasteiger partial charge in [0.1, 0.15) is 6.04 Å². The van der Waals surface area contributed by atoms with E-state index in [1.807, 2.05) is 0 Å². The Morgan fingerprint density at radius 2 is 1.73 bits per heavy atom. The molecule has 8 heteroatoms. The molecular weight excluding hydrogens is 374 g/mol. The van der Waals surface area contributed by atoms with Crippen molar-refractivity contribution < 1.29 is 34.2 Å². The van der Waals surface area contributed by atoms with Gasteiger partial charge in [-0.15, -0.1) is 0 Å². The molecule has 0 saturated heterocycles. The van der Waals surface area contributed by atoms with Gasteiger partial charge >= 0.3 is 5.97 Å². The van der Waals surface area contributed by atoms with E-state index in [9.17, 15) is 9.59 Å². The largest absolute Gasteiger partial charge is 0.480 e. The molecule has 0 aromatic rings. The van der Waals surface area contributed by atoms with Crippen molar-refractivity contribution in [2.24, 2.45) is 5.73 Å². The zero-order valence-corrected chi connectivity index (χ0v) is 17.9. The van der Waals surface area contributed by atoms with E-state index < -0.39 is 12.0 Å². The fraction of sp³-hybridized carbons (Fsp3) is 0.857. The molecule has 4 N–H and O–H groups in total. The normalized spacial score (nSPS) is 13.0. The topological polar surface area (TPSA) is 92.4 Å². The third kappa shape index (κ3) is 13.9. The predicted octanol–water partition coefficient (Wildman–Crippen LogP) is 1.86. The van der Waals surface area contributed by atoms with E-state index in [2.05, 4.69) is 30.6 Å². The number of unbranched alkanes of at least 4 members (excludes halogenated alkanes) is 2. The second kappa shape index (κ2) is 16.1. The van der Waals surface area contributed by atoms with Crippen LogP contribution >= 0.6 is 25.3 Å². The average Bonchev–Trinajstić information content (AvgIpc) is 2.43. The number of carbonyl (C=O) groups excluding carboxylic acids is 1. The van der Waals surface area contributed by atoms with Gasteiger partial charge in [0.05, 0.1) is 0 Å². The molecule has 0 spiro atoms. The maximum absolute atomic E-state index is 11.7. The van der Waals surface area contributed by atoms with Crippen molar-refractivity contribution in [3.05, 3.63) is 0 Å². The molecule has 2 unspecified atom stereocenters. The number of amides is 1. The quantitative estimate of drug-likeness (QED) is 0.185. The molecule has 0 heterocycles. The van der Waals surface area contributed by atoms with Crippen LogP contribution in [0.1, 0.15) is 51.4 Å². The minimum Gasteiger partial charge on any atom is -0.480 e. The zero-order valence-electron chi connectivity index (χ0n) is 13.2. The Morgan fingerprint density at radius 1 is 1.09 bits per heavy atom. The summed E-state index contributed by atoms with van der Waals surface area (Å²) in [7, 11) is 0. The van der Waals surface area contributed by atoms with Crippen molar-refractivity contribution >= 4 is 37.1 Å². The Balaban J connectivity index is 0. The molecule has 0 aromatic heterocycles. The van der Waals surface area contributed by atoms with Crippen LogP contribution in [0.4, 0.5) is 0 Å². The van der Waals surface area contributed by atoms with Crippen LogP contribution in [0.15, 0.2) is 0 Å². The van der Waals surface area contributed by atoms with Crippen molar-refractivity contribution in [3.63, 3.8) is 0 Å². The van der Waals surface area contributed by atoms with Gasteiger partial charge in [-0.3, -0.25) is 4.79 Å². The number of carboxylic acid groups (broad SMARTS) is 1. The summed E-state index contributed by atoms with van der Waals surface area (Å²) in [6, 6.07) is -0.800. The summed E-state index contributed by atoms with van der Waals surface area (Å²) in [5, 5.41) is 12.0. The summed E-state index contributed by atoms with van der Waals surface area (Å²) >= 11 is 8.58. The number of rotatable bonds is 13. The SMILES string of the molecule is NCCCCC(NC(=O)CCCCC(S)CCS)C(=O)O.[Zn]. The van der Waals surface area contributed by atoms with Crippen LogP contribution in [-0.2, 0) is 29.1 Å². The molecule has 0 aliphatic heterocycles. The molecule has 0 bridgehead atoms. The van der Waals surface area contributed by atoms with Crippen LogP contribution in [0.3, 0.4) is 0 Å². The fourth-order valence-electron chi connectivity index (χ4n) is 1.98. The average molecular weight is 402 g/mol. The predicted molar refractivity (Wildman–Crippen MR) is 92.2 cm³/mol. The van der Waals surface area contributed by atoms with Crippen molar-refractivity contribution in [1.29, 1.82) is 0 Å². The molecule has 5 nitrogen and oxygen atoms in total. The molecule has 0 fully saturated rings. The van der Waals surface area contributed by atoms with Crippen LogP contribution in [0, 0.1) is 0 Å². The summed E-state index contributed by atoms with van der Waals surface area (Å²) in [5.41, 5.74) is 5.37. The van der Waals surface area contributed by atoms with Gasteiger partial charge in [0, 0.05) is 31.1 Å². The van der Waals surface area contributed by atoms with E-state index in [1.54, 1.807) is 0 Å². The van der Waals surface area contributed by atoms with Gasteiger partial charge in [0.2, 0.25) is 5.91 Å². The van der Waals surface area contributed by atoms with Crippen LogP contribution in [0.2, 0.25) is 0 Å². The summed E-state index contributed by atoms with van der Waals surface area (Å²) in [6.07, 6.45) is 5.86. The van der Waals surface area contributed by atoms with Crippen molar-refractivity contribution in [1.82, 2.24) is 5.32 Å². The van der Waals surface area contributed by atoms with E-state index in [0.717, 1.165) is 37.9 Å². The van der Waals surface area contributed by atoms with Crippen molar-refractivity contribution in [2.75, 3.05) is 12.3 Å². The van der Waals surface area contributed by atoms with E-state index in [0.29, 0.717) is 31.1 Å². The number of thiol groups is 2. The molecule has 22 heavy (non-hydrogen) atoms. The Labute approximate surface area is 157 Å². The van der Waals surface area contributed by atoms with Gasteiger partial charge in [-0.05, 0) is 50.8 Å². The maximum atomic E-state index is 11.7. The van der Waals surface area contributed by atoms with Crippen molar-refractivity contribution in [3.8, 4) is 0 Å². The van der Waals surface area contributed by atoms with Crippen LogP contribution in [0.25, 0.3) is 0 Å². The third-order valence-electron chi connectivity index (χ3n) is 3.23. The summed E-state index contributed by atoms with van der Waals surface area (Å²) in [5.74, 6) is -0.359. The van der Waals surface area contributed by atoms with Gasteiger partial charge in [0.15, 0.2) is 0 Å². The molecule has 126 valence electrons. The number of hydrogen-bond donors (Lipinski definition) is 5. The molecule has 0 aromatic carbocycles. The first-order valence-electron chi connectivity index (χ1n) is 7.52. The van der Waals surface area contributed by atoms with E-state index in [-0.39, 0.29) is 25.4 Å². The fourth-order valence-corrected chi connectivity index (χ4v) is 2.80. The minimum absolute atomic E-state index is 0. The van der Waals surface area contributed by atoms with E-state index in [1.165, 1.54) is 0 Å². The number of nitrogens with one attached hydrogen (secondary N) is 1. The van der Waals surface area contributed by atoms with E-state index >= 15 is 0 Å². The molecule has 0 rings (SSSR count). The summed E-state index contributed by atoms with van der Waals surface area (Å²) in [4.78, 5) is 22.8. The first kappa shape index (κ1) is 24.5. The Kier molecular flexibility index (Phi) is 17.9. The molecule has 0 saturated carbocycles. The maximum Gasteiger partial charge on any atom is 0.326 e. The van der Waals surface area contributed by atoms with Gasteiger partial charge in [-0.25, -0.2) is 4.79 Å². The van der Waals surface area contributed by atoms with Crippen LogP contribution < -0.4 is 11.1 Å². The van der Waals surface area contributed by atoms with Gasteiger partial charge in [-0.1, -0.05) is 6.42 Å². The summed E-state index contributed by atoms with van der Waals surface area (Å²) in [6.45, 7) is 0.539. The number of hydrogen-bond acceptors (Lipinski definition) is 5. The molecule has 0 radical (unpaired) electrons. The molecule has 1 amide bonds. The number of carbonyl (C=O) groups is 2. The Hall–Kier alpha value is 0.223. The zero-order chi connectivity index (χ0) is 16.1. The van der Waals surface area contributed by atoms with Crippen LogP contribution in [0.5, 0.6) is 0 Å². The number of aliphatic carboxylic acids is 1. The molecule has 0 aliphatic rings. The van der Waals surface area contributed by atoms with E-state index in [4.69, 9.17) is 10.8 Å². The molecule has 0 aliphatic carbocycles. The second-order valence-corrected chi connectivity index (χ2v) is 6.33. The van der Waals surface area contributed by atoms with Crippen molar-refractivity contribution in [2.45, 2.75) is 62.7 Å². The number of nitrogens with two attached hydrogens (primary N) is 1. The molecular formula is C14H28N2O3S2Zn. The number of carboxylic acids is 1. The first-order valence-corrected chi connectivity index (χ1v) is 8.67. The Bertz CT molecular complexity index is 310. The van der Waals surface area contributed by atoms with Crippen LogP contribution in [-0.4, -0.2) is 40.6 Å². The smallest absolute Gasteiger partial charge is 0.326 e. The van der Waals surface area contributed by atoms with Gasteiger partial charge in [-0.2, -0.15) is 25.3 Å². The monoisotopic (exact) mass is 400 g/mol. The third-order valence-corrected chi connectivity index (χ3v) is 4.01.